The molecule has 2 aromatic carbocycles. The average Bonchev–Trinajstić information content (AvgIpc) is 3.29. The Kier molecular flexibility index (Phi) is 6.13. The Balaban J connectivity index is 1.41. The van der Waals surface area contributed by atoms with E-state index in [1.165, 1.54) is 5.56 Å². The highest BCUT2D eigenvalue weighted by Crippen LogP contribution is 2.50. The van der Waals surface area contributed by atoms with Crippen LogP contribution in [0.5, 0.6) is 0 Å². The van der Waals surface area contributed by atoms with Gasteiger partial charge in [0.05, 0.1) is 12.0 Å². The zero-order valence-corrected chi connectivity index (χ0v) is 20.6. The van der Waals surface area contributed by atoms with Gasteiger partial charge in [-0.05, 0) is 48.4 Å². The van der Waals surface area contributed by atoms with Crippen molar-refractivity contribution in [3.63, 3.8) is 0 Å². The largest absolute Gasteiger partial charge is 0.381 e. The highest BCUT2D eigenvalue weighted by molar-refractivity contribution is 5.94. The number of hydrogen-bond acceptors (Lipinski definition) is 3. The van der Waals surface area contributed by atoms with Gasteiger partial charge in [0.1, 0.15) is 0 Å². The van der Waals surface area contributed by atoms with Crippen molar-refractivity contribution in [3.8, 4) is 0 Å². The van der Waals surface area contributed by atoms with Gasteiger partial charge >= 0.3 is 0 Å². The fourth-order valence-corrected chi connectivity index (χ4v) is 6.48. The van der Waals surface area contributed by atoms with Crippen molar-refractivity contribution in [2.45, 2.75) is 71.0 Å². The first kappa shape index (κ1) is 22.9. The normalized spacial score (nSPS) is 28.4. The summed E-state index contributed by atoms with van der Waals surface area (Å²) in [5, 5.41) is 7.02. The molecule has 34 heavy (non-hydrogen) atoms. The molecular formula is C29H37N3O2. The summed E-state index contributed by atoms with van der Waals surface area (Å²) in [5.41, 5.74) is 3.13. The van der Waals surface area contributed by atoms with Gasteiger partial charge < -0.3 is 15.5 Å². The monoisotopic (exact) mass is 459 g/mol. The van der Waals surface area contributed by atoms with E-state index in [1.54, 1.807) is 0 Å². The second-order valence-corrected chi connectivity index (χ2v) is 11.3. The van der Waals surface area contributed by atoms with Gasteiger partial charge in [-0.2, -0.15) is 0 Å². The minimum absolute atomic E-state index is 0.0791. The van der Waals surface area contributed by atoms with Crippen LogP contribution in [0.25, 0.3) is 0 Å². The third kappa shape index (κ3) is 4.21. The highest BCUT2D eigenvalue weighted by atomic mass is 16.2. The molecule has 2 aliphatic heterocycles. The fourth-order valence-electron chi connectivity index (χ4n) is 6.48. The standard InChI is InChI=1S/C29H37N3O2/c1-29(2,3)26-22-17-18-32(25(22)20-13-7-9-15-23(20)30-26)28(34)21-14-8-10-16-24(21)31-27(33)19-11-5-4-6-12-19/h4-7,9,11-13,15,21-22,24-26,30H,8,10,14,16-18H2,1-3H3,(H,31,33)/t21-,22+,24+,25+,26-/m0/s1. The molecule has 180 valence electrons. The van der Waals surface area contributed by atoms with Gasteiger partial charge in [0.15, 0.2) is 0 Å². The molecule has 0 bridgehead atoms. The lowest BCUT2D eigenvalue weighted by molar-refractivity contribution is -0.139. The fraction of sp³-hybridized carbons (Fsp3) is 0.517. The molecule has 2 aromatic rings. The van der Waals surface area contributed by atoms with Crippen LogP contribution in [0.1, 0.15) is 74.8 Å². The summed E-state index contributed by atoms with van der Waals surface area (Å²) in [4.78, 5) is 29.2. The maximum absolute atomic E-state index is 14.1. The zero-order chi connectivity index (χ0) is 23.9. The molecule has 0 unspecified atom stereocenters. The Morgan fingerprint density at radius 2 is 1.65 bits per heavy atom. The number of nitrogens with zero attached hydrogens (tertiary/aromatic N) is 1. The summed E-state index contributed by atoms with van der Waals surface area (Å²) in [5.74, 6) is 0.370. The first-order valence-electron chi connectivity index (χ1n) is 12.9. The number of benzene rings is 2. The Labute approximate surface area is 203 Å². The van der Waals surface area contributed by atoms with Crippen molar-refractivity contribution < 1.29 is 9.59 Å². The van der Waals surface area contributed by atoms with Gasteiger partial charge in [-0.15, -0.1) is 0 Å². The van der Waals surface area contributed by atoms with Gasteiger partial charge in [-0.3, -0.25) is 9.59 Å². The molecule has 2 N–H and O–H groups in total. The first-order chi connectivity index (χ1) is 16.3. The molecule has 1 aliphatic carbocycles. The molecule has 5 rings (SSSR count). The Bertz CT molecular complexity index is 1040. The van der Waals surface area contributed by atoms with E-state index in [1.807, 2.05) is 30.3 Å². The minimum atomic E-state index is -0.157. The molecule has 2 heterocycles. The molecule has 3 aliphatic rings. The van der Waals surface area contributed by atoms with Crippen molar-refractivity contribution in [1.82, 2.24) is 10.2 Å². The Morgan fingerprint density at radius 3 is 2.41 bits per heavy atom. The van der Waals surface area contributed by atoms with Crippen molar-refractivity contribution in [2.24, 2.45) is 17.3 Å². The van der Waals surface area contributed by atoms with Crippen molar-refractivity contribution in [2.75, 3.05) is 11.9 Å². The number of para-hydroxylation sites is 1. The van der Waals surface area contributed by atoms with Crippen LogP contribution >= 0.6 is 0 Å². The summed E-state index contributed by atoms with van der Waals surface area (Å²) >= 11 is 0. The van der Waals surface area contributed by atoms with Gasteiger partial charge in [-0.1, -0.05) is 70.0 Å². The molecule has 2 amide bonds. The van der Waals surface area contributed by atoms with E-state index in [4.69, 9.17) is 0 Å². The van der Waals surface area contributed by atoms with Crippen LogP contribution in [-0.2, 0) is 4.79 Å². The molecule has 5 nitrogen and oxygen atoms in total. The van der Waals surface area contributed by atoms with E-state index in [9.17, 15) is 9.59 Å². The minimum Gasteiger partial charge on any atom is -0.381 e. The highest BCUT2D eigenvalue weighted by Gasteiger charge is 2.50. The summed E-state index contributed by atoms with van der Waals surface area (Å²) in [6.45, 7) is 7.65. The zero-order valence-electron chi connectivity index (χ0n) is 20.6. The van der Waals surface area contributed by atoms with E-state index in [-0.39, 0.29) is 35.2 Å². The van der Waals surface area contributed by atoms with Crippen molar-refractivity contribution >= 4 is 17.5 Å². The van der Waals surface area contributed by atoms with E-state index in [2.05, 4.69) is 60.6 Å². The summed E-state index contributed by atoms with van der Waals surface area (Å²) in [6, 6.07) is 18.1. The van der Waals surface area contributed by atoms with Crippen LogP contribution in [0.3, 0.4) is 0 Å². The number of nitrogens with one attached hydrogen (secondary N) is 2. The third-order valence-electron chi connectivity index (χ3n) is 8.11. The van der Waals surface area contributed by atoms with E-state index in [0.29, 0.717) is 17.5 Å². The van der Waals surface area contributed by atoms with Crippen LogP contribution in [0.2, 0.25) is 0 Å². The molecular weight excluding hydrogens is 422 g/mol. The lowest BCUT2D eigenvalue weighted by atomic mass is 9.72. The van der Waals surface area contributed by atoms with Gasteiger partial charge in [-0.25, -0.2) is 0 Å². The number of hydrogen-bond donors (Lipinski definition) is 2. The topological polar surface area (TPSA) is 61.4 Å². The van der Waals surface area contributed by atoms with Crippen LogP contribution < -0.4 is 10.6 Å². The quantitative estimate of drug-likeness (QED) is 0.646. The molecule has 2 fully saturated rings. The summed E-state index contributed by atoms with van der Waals surface area (Å²) in [6.07, 6.45) is 4.80. The second kappa shape index (κ2) is 9.09. The van der Waals surface area contributed by atoms with Crippen molar-refractivity contribution in [3.05, 3.63) is 65.7 Å². The third-order valence-corrected chi connectivity index (χ3v) is 8.11. The molecule has 1 saturated carbocycles. The van der Waals surface area contributed by atoms with Gasteiger partial charge in [0.25, 0.3) is 5.91 Å². The number of rotatable bonds is 3. The molecule has 0 aromatic heterocycles. The van der Waals surface area contributed by atoms with Crippen LogP contribution in [0.15, 0.2) is 54.6 Å². The summed E-state index contributed by atoms with van der Waals surface area (Å²) in [7, 11) is 0. The number of amides is 2. The van der Waals surface area contributed by atoms with Crippen molar-refractivity contribution in [1.29, 1.82) is 0 Å². The number of carbonyl (C=O) groups is 2. The molecule has 0 spiro atoms. The Hall–Kier alpha value is -2.82. The Morgan fingerprint density at radius 1 is 0.941 bits per heavy atom. The predicted octanol–water partition coefficient (Wildman–Crippen LogP) is 5.41. The van der Waals surface area contributed by atoms with E-state index in [0.717, 1.165) is 44.3 Å². The van der Waals surface area contributed by atoms with Crippen LogP contribution in [-0.4, -0.2) is 35.3 Å². The van der Waals surface area contributed by atoms with Gasteiger partial charge in [0.2, 0.25) is 5.91 Å². The lowest BCUT2D eigenvalue weighted by Gasteiger charge is -2.46. The van der Waals surface area contributed by atoms with E-state index >= 15 is 0 Å². The predicted molar refractivity (Wildman–Crippen MR) is 136 cm³/mol. The second-order valence-electron chi connectivity index (χ2n) is 11.3. The maximum atomic E-state index is 14.1. The van der Waals surface area contributed by atoms with Crippen LogP contribution in [0, 0.1) is 17.3 Å². The molecule has 1 saturated heterocycles. The number of fused-ring (bicyclic) bond motifs is 3. The lowest BCUT2D eigenvalue weighted by Crippen LogP contribution is -2.51. The first-order valence-corrected chi connectivity index (χ1v) is 12.9. The smallest absolute Gasteiger partial charge is 0.251 e. The molecule has 5 heteroatoms. The molecule has 0 radical (unpaired) electrons. The van der Waals surface area contributed by atoms with E-state index < -0.39 is 0 Å². The number of anilines is 1. The number of carbonyl (C=O) groups excluding carboxylic acids is 2. The average molecular weight is 460 g/mol. The van der Waals surface area contributed by atoms with Gasteiger partial charge in [0, 0.05) is 35.8 Å². The molecule has 5 atom stereocenters. The van der Waals surface area contributed by atoms with Crippen LogP contribution in [0.4, 0.5) is 5.69 Å². The number of likely N-dealkylation sites (tertiary alicyclic amines) is 1. The maximum Gasteiger partial charge on any atom is 0.251 e. The summed E-state index contributed by atoms with van der Waals surface area (Å²) < 4.78 is 0. The SMILES string of the molecule is CC(C)(C)[C@H]1Nc2ccccc2[C@@H]2[C@H]1CCN2C(=O)[C@H]1CCCC[C@H]1NC(=O)c1ccccc1.